The molecule has 1 N–H and O–H groups in total. The van der Waals surface area contributed by atoms with E-state index >= 15 is 0 Å². The van der Waals surface area contributed by atoms with E-state index in [1.54, 1.807) is 11.8 Å². The highest BCUT2D eigenvalue weighted by atomic mass is 32.2. The third-order valence-electron chi connectivity index (χ3n) is 1.78. The SMILES string of the molecule is O=C(O)C1CSc2ccccc2S1. The number of hydrogen-bond acceptors (Lipinski definition) is 3. The minimum atomic E-state index is -0.716. The molecule has 0 aromatic heterocycles. The van der Waals surface area contributed by atoms with E-state index < -0.39 is 5.97 Å². The molecule has 4 heteroatoms. The first-order valence-corrected chi connectivity index (χ1v) is 5.75. The Morgan fingerprint density at radius 1 is 1.38 bits per heavy atom. The van der Waals surface area contributed by atoms with Crippen molar-refractivity contribution in [1.29, 1.82) is 0 Å². The van der Waals surface area contributed by atoms with E-state index in [-0.39, 0.29) is 5.25 Å². The molecule has 0 spiro atoms. The van der Waals surface area contributed by atoms with E-state index in [9.17, 15) is 4.79 Å². The van der Waals surface area contributed by atoms with Crippen molar-refractivity contribution >= 4 is 29.5 Å². The summed E-state index contributed by atoms with van der Waals surface area (Å²) in [5.74, 6) is -0.0520. The first kappa shape index (κ1) is 8.97. The van der Waals surface area contributed by atoms with Crippen LogP contribution >= 0.6 is 23.5 Å². The van der Waals surface area contributed by atoms with Gasteiger partial charge in [0.2, 0.25) is 0 Å². The zero-order valence-corrected chi connectivity index (χ0v) is 8.40. The summed E-state index contributed by atoms with van der Waals surface area (Å²) in [4.78, 5) is 13.0. The Bertz CT molecular complexity index is 338. The highest BCUT2D eigenvalue weighted by molar-refractivity contribution is 8.06. The molecule has 0 bridgehead atoms. The minimum Gasteiger partial charge on any atom is -0.480 e. The molecule has 2 nitrogen and oxygen atoms in total. The van der Waals surface area contributed by atoms with Crippen molar-refractivity contribution in [3.63, 3.8) is 0 Å². The monoisotopic (exact) mass is 212 g/mol. The molecular formula is C9H8O2S2. The lowest BCUT2D eigenvalue weighted by Crippen LogP contribution is -2.21. The number of hydrogen-bond donors (Lipinski definition) is 1. The lowest BCUT2D eigenvalue weighted by molar-refractivity contribution is -0.135. The average molecular weight is 212 g/mol. The van der Waals surface area contributed by atoms with Crippen LogP contribution in [0.5, 0.6) is 0 Å². The fourth-order valence-electron chi connectivity index (χ4n) is 1.14. The average Bonchev–Trinajstić information content (AvgIpc) is 2.17. The zero-order valence-electron chi connectivity index (χ0n) is 6.77. The van der Waals surface area contributed by atoms with Crippen molar-refractivity contribution in [2.45, 2.75) is 15.0 Å². The van der Waals surface area contributed by atoms with Crippen LogP contribution in [0.3, 0.4) is 0 Å². The maximum atomic E-state index is 10.7. The maximum absolute atomic E-state index is 10.7. The largest absolute Gasteiger partial charge is 0.480 e. The van der Waals surface area contributed by atoms with Gasteiger partial charge in [-0.25, -0.2) is 0 Å². The molecule has 2 rings (SSSR count). The Hall–Kier alpha value is -0.610. The molecule has 1 aromatic carbocycles. The summed E-state index contributed by atoms with van der Waals surface area (Å²) in [5.41, 5.74) is 0. The van der Waals surface area contributed by atoms with E-state index in [0.29, 0.717) is 5.75 Å². The summed E-state index contributed by atoms with van der Waals surface area (Å²) in [5, 5.41) is 8.54. The Kier molecular flexibility index (Phi) is 2.51. The molecule has 0 saturated heterocycles. The summed E-state index contributed by atoms with van der Waals surface area (Å²) in [7, 11) is 0. The molecular weight excluding hydrogens is 204 g/mol. The van der Waals surface area contributed by atoms with Crippen LogP contribution in [0.15, 0.2) is 34.1 Å². The first-order chi connectivity index (χ1) is 6.27. The second kappa shape index (κ2) is 3.64. The highest BCUT2D eigenvalue weighted by Crippen LogP contribution is 2.40. The summed E-state index contributed by atoms with van der Waals surface area (Å²) in [6.07, 6.45) is 0. The van der Waals surface area contributed by atoms with Crippen molar-refractivity contribution in [3.8, 4) is 0 Å². The molecule has 1 atom stereocenters. The van der Waals surface area contributed by atoms with Crippen molar-refractivity contribution < 1.29 is 9.90 Å². The lowest BCUT2D eigenvalue weighted by atomic mass is 10.4. The number of carboxylic acid groups (broad SMARTS) is 1. The molecule has 1 aliphatic heterocycles. The molecule has 0 radical (unpaired) electrons. The van der Waals surface area contributed by atoms with Gasteiger partial charge in [-0.15, -0.1) is 23.5 Å². The highest BCUT2D eigenvalue weighted by Gasteiger charge is 2.24. The van der Waals surface area contributed by atoms with Gasteiger partial charge in [0.25, 0.3) is 0 Å². The van der Waals surface area contributed by atoms with Gasteiger partial charge in [0.1, 0.15) is 5.25 Å². The number of carboxylic acids is 1. The number of carbonyl (C=O) groups is 1. The molecule has 0 amide bonds. The second-order valence-corrected chi connectivity index (χ2v) is 5.01. The fourth-order valence-corrected chi connectivity index (χ4v) is 3.55. The Morgan fingerprint density at radius 3 is 2.77 bits per heavy atom. The van der Waals surface area contributed by atoms with Gasteiger partial charge in [0.05, 0.1) is 0 Å². The Labute approximate surface area is 84.7 Å². The minimum absolute atomic E-state index is 0.292. The van der Waals surface area contributed by atoms with Crippen LogP contribution in [-0.4, -0.2) is 22.1 Å². The number of aliphatic carboxylic acids is 1. The number of thioether (sulfide) groups is 2. The molecule has 1 aliphatic rings. The van der Waals surface area contributed by atoms with Crippen LogP contribution in [-0.2, 0) is 4.79 Å². The summed E-state index contributed by atoms with van der Waals surface area (Å²) in [6.45, 7) is 0. The normalized spacial score (nSPS) is 20.8. The molecule has 13 heavy (non-hydrogen) atoms. The molecule has 0 saturated carbocycles. The lowest BCUT2D eigenvalue weighted by Gasteiger charge is -2.19. The van der Waals surface area contributed by atoms with Gasteiger partial charge in [-0.05, 0) is 12.1 Å². The van der Waals surface area contributed by atoms with E-state index in [2.05, 4.69) is 0 Å². The second-order valence-electron chi connectivity index (χ2n) is 2.70. The predicted molar refractivity (Wildman–Crippen MR) is 54.4 cm³/mol. The third-order valence-corrected chi connectivity index (χ3v) is 4.55. The molecule has 1 unspecified atom stereocenters. The first-order valence-electron chi connectivity index (χ1n) is 3.88. The quantitative estimate of drug-likeness (QED) is 0.775. The molecule has 0 aliphatic carbocycles. The van der Waals surface area contributed by atoms with Crippen molar-refractivity contribution in [2.75, 3.05) is 5.75 Å². The molecule has 0 fully saturated rings. The number of benzene rings is 1. The van der Waals surface area contributed by atoms with Crippen LogP contribution < -0.4 is 0 Å². The molecule has 1 heterocycles. The van der Waals surface area contributed by atoms with E-state index in [4.69, 9.17) is 5.11 Å². The standard InChI is InChI=1S/C9H8O2S2/c10-9(11)8-5-12-6-3-1-2-4-7(6)13-8/h1-4,8H,5H2,(H,10,11). The van der Waals surface area contributed by atoms with E-state index in [0.717, 1.165) is 4.90 Å². The van der Waals surface area contributed by atoms with Crippen molar-refractivity contribution in [2.24, 2.45) is 0 Å². The van der Waals surface area contributed by atoms with E-state index in [1.807, 2.05) is 24.3 Å². The third kappa shape index (κ3) is 1.84. The number of fused-ring (bicyclic) bond motifs is 1. The smallest absolute Gasteiger partial charge is 0.317 e. The predicted octanol–water partition coefficient (Wildman–Crippen LogP) is 2.34. The van der Waals surface area contributed by atoms with Gasteiger partial charge in [-0.1, -0.05) is 12.1 Å². The van der Waals surface area contributed by atoms with Crippen molar-refractivity contribution in [1.82, 2.24) is 0 Å². The summed E-state index contributed by atoms with van der Waals surface area (Å²) < 4.78 is 0. The van der Waals surface area contributed by atoms with Crippen LogP contribution in [0.2, 0.25) is 0 Å². The van der Waals surface area contributed by atoms with Gasteiger partial charge >= 0.3 is 5.97 Å². The molecule has 1 aromatic rings. The van der Waals surface area contributed by atoms with Crippen LogP contribution in [0.1, 0.15) is 0 Å². The van der Waals surface area contributed by atoms with Gasteiger partial charge < -0.3 is 5.11 Å². The Balaban J connectivity index is 2.24. The summed E-state index contributed by atoms with van der Waals surface area (Å²) >= 11 is 3.07. The van der Waals surface area contributed by atoms with Gasteiger partial charge in [0.15, 0.2) is 0 Å². The van der Waals surface area contributed by atoms with Crippen LogP contribution in [0.4, 0.5) is 0 Å². The van der Waals surface area contributed by atoms with Gasteiger partial charge in [-0.3, -0.25) is 4.79 Å². The van der Waals surface area contributed by atoms with Crippen LogP contribution in [0, 0.1) is 0 Å². The zero-order chi connectivity index (χ0) is 9.26. The topological polar surface area (TPSA) is 37.3 Å². The van der Waals surface area contributed by atoms with E-state index in [1.165, 1.54) is 16.7 Å². The molecule has 68 valence electrons. The fraction of sp³-hybridized carbons (Fsp3) is 0.222. The van der Waals surface area contributed by atoms with Gasteiger partial charge in [0, 0.05) is 15.5 Å². The van der Waals surface area contributed by atoms with Crippen molar-refractivity contribution in [3.05, 3.63) is 24.3 Å². The summed E-state index contributed by atoms with van der Waals surface area (Å²) in [6, 6.07) is 7.93. The maximum Gasteiger partial charge on any atom is 0.317 e. The Morgan fingerprint density at radius 2 is 2.08 bits per heavy atom. The van der Waals surface area contributed by atoms with Crippen LogP contribution in [0.25, 0.3) is 0 Å². The number of rotatable bonds is 1. The van der Waals surface area contributed by atoms with Gasteiger partial charge in [-0.2, -0.15) is 0 Å².